The molecule has 2 nitrogen and oxygen atoms in total. The molecule has 1 aliphatic rings. The third-order valence-corrected chi connectivity index (χ3v) is 3.44. The summed E-state index contributed by atoms with van der Waals surface area (Å²) >= 11 is 0. The van der Waals surface area contributed by atoms with Gasteiger partial charge < -0.3 is 10.1 Å². The number of hydrogen-bond donors (Lipinski definition) is 1. The highest BCUT2D eigenvalue weighted by molar-refractivity contribution is 5.35. The van der Waals surface area contributed by atoms with Crippen LogP contribution in [0.5, 0.6) is 5.75 Å². The van der Waals surface area contributed by atoms with E-state index < -0.39 is 0 Å². The normalized spacial score (nSPS) is 13.3. The third-order valence-electron chi connectivity index (χ3n) is 3.44. The van der Waals surface area contributed by atoms with Gasteiger partial charge in [0, 0.05) is 23.7 Å². The number of hydrogen-bond acceptors (Lipinski definition) is 2. The van der Waals surface area contributed by atoms with Crippen molar-refractivity contribution in [2.75, 3.05) is 6.61 Å². The van der Waals surface area contributed by atoms with Crippen molar-refractivity contribution in [2.24, 2.45) is 0 Å². The number of nitrogens with one attached hydrogen (secondary N) is 1. The predicted octanol–water partition coefficient (Wildman–Crippen LogP) is 3.37. The van der Waals surface area contributed by atoms with Crippen LogP contribution in [0.1, 0.15) is 24.0 Å². The van der Waals surface area contributed by atoms with Crippen molar-refractivity contribution in [1.82, 2.24) is 5.32 Å². The van der Waals surface area contributed by atoms with Gasteiger partial charge in [-0.2, -0.15) is 0 Å². The Labute approximate surface area is 126 Å². The maximum absolute atomic E-state index is 5.80. The zero-order chi connectivity index (χ0) is 14.3. The molecule has 0 aliphatic heterocycles. The molecule has 0 amide bonds. The first-order valence-electron chi connectivity index (χ1n) is 7.40. The van der Waals surface area contributed by atoms with Crippen LogP contribution in [-0.2, 0) is 6.54 Å². The second-order valence-electron chi connectivity index (χ2n) is 5.22. The molecule has 0 saturated heterocycles. The predicted molar refractivity (Wildman–Crippen MR) is 85.1 cm³/mol. The lowest BCUT2D eigenvalue weighted by molar-refractivity contribution is 0.364. The number of benzene rings is 2. The van der Waals surface area contributed by atoms with Crippen molar-refractivity contribution in [3.63, 3.8) is 0 Å². The lowest BCUT2D eigenvalue weighted by atomic mass is 10.2. The minimum atomic E-state index is 0.412. The molecule has 1 saturated carbocycles. The van der Waals surface area contributed by atoms with E-state index in [0.717, 1.165) is 17.9 Å². The smallest absolute Gasteiger partial charge is 0.149 e. The molecular formula is C19H19NO. The van der Waals surface area contributed by atoms with E-state index in [1.165, 1.54) is 18.4 Å². The van der Waals surface area contributed by atoms with Gasteiger partial charge in [-0.05, 0) is 31.0 Å². The van der Waals surface area contributed by atoms with Crippen molar-refractivity contribution in [1.29, 1.82) is 0 Å². The van der Waals surface area contributed by atoms with Crippen LogP contribution in [0.3, 0.4) is 0 Å². The Morgan fingerprint density at radius 3 is 2.57 bits per heavy atom. The van der Waals surface area contributed by atoms with Gasteiger partial charge in [-0.3, -0.25) is 0 Å². The van der Waals surface area contributed by atoms with Gasteiger partial charge in [0.2, 0.25) is 0 Å². The average molecular weight is 277 g/mol. The summed E-state index contributed by atoms with van der Waals surface area (Å²) in [6.07, 6.45) is 2.59. The molecule has 0 radical (unpaired) electrons. The first-order valence-corrected chi connectivity index (χ1v) is 7.40. The number of para-hydroxylation sites is 1. The molecule has 21 heavy (non-hydrogen) atoms. The third kappa shape index (κ3) is 4.37. The van der Waals surface area contributed by atoms with Gasteiger partial charge in [-0.25, -0.2) is 0 Å². The summed E-state index contributed by atoms with van der Waals surface area (Å²) in [5.41, 5.74) is 2.22. The molecule has 0 spiro atoms. The Kier molecular flexibility index (Phi) is 4.55. The minimum absolute atomic E-state index is 0.412. The Balaban J connectivity index is 1.56. The zero-order valence-corrected chi connectivity index (χ0v) is 12.0. The van der Waals surface area contributed by atoms with E-state index in [4.69, 9.17) is 4.74 Å². The molecule has 0 bridgehead atoms. The van der Waals surface area contributed by atoms with Crippen molar-refractivity contribution in [2.45, 2.75) is 25.4 Å². The van der Waals surface area contributed by atoms with E-state index >= 15 is 0 Å². The van der Waals surface area contributed by atoms with Crippen molar-refractivity contribution < 1.29 is 4.74 Å². The first kappa shape index (κ1) is 13.7. The van der Waals surface area contributed by atoms with E-state index in [-0.39, 0.29) is 0 Å². The van der Waals surface area contributed by atoms with E-state index in [1.807, 2.05) is 48.5 Å². The molecule has 2 heteroatoms. The Hall–Kier alpha value is -2.24. The van der Waals surface area contributed by atoms with Gasteiger partial charge in [-0.1, -0.05) is 48.2 Å². The molecule has 3 rings (SSSR count). The number of rotatable bonds is 5. The Bertz CT molecular complexity index is 635. The molecule has 0 aromatic heterocycles. The molecular weight excluding hydrogens is 258 g/mol. The zero-order valence-electron chi connectivity index (χ0n) is 12.0. The lowest BCUT2D eigenvalue weighted by Gasteiger charge is -2.09. The van der Waals surface area contributed by atoms with Crippen LogP contribution in [0.2, 0.25) is 0 Å². The lowest BCUT2D eigenvalue weighted by Crippen LogP contribution is -2.16. The molecule has 1 fully saturated rings. The van der Waals surface area contributed by atoms with Gasteiger partial charge in [0.15, 0.2) is 0 Å². The van der Waals surface area contributed by atoms with Crippen LogP contribution in [0.4, 0.5) is 0 Å². The van der Waals surface area contributed by atoms with Gasteiger partial charge >= 0.3 is 0 Å². The summed E-state index contributed by atoms with van der Waals surface area (Å²) in [4.78, 5) is 0. The molecule has 1 N–H and O–H groups in total. The van der Waals surface area contributed by atoms with Crippen LogP contribution in [0, 0.1) is 11.8 Å². The molecule has 0 heterocycles. The highest BCUT2D eigenvalue weighted by atomic mass is 16.5. The molecule has 106 valence electrons. The van der Waals surface area contributed by atoms with Gasteiger partial charge in [-0.15, -0.1) is 0 Å². The second-order valence-corrected chi connectivity index (χ2v) is 5.22. The molecule has 1 aliphatic carbocycles. The Morgan fingerprint density at radius 1 is 1.00 bits per heavy atom. The van der Waals surface area contributed by atoms with E-state index in [9.17, 15) is 0 Å². The average Bonchev–Trinajstić information content (AvgIpc) is 3.36. The molecule has 0 atom stereocenters. The maximum Gasteiger partial charge on any atom is 0.149 e. The van der Waals surface area contributed by atoms with Crippen molar-refractivity contribution in [3.8, 4) is 17.6 Å². The van der Waals surface area contributed by atoms with Crippen molar-refractivity contribution in [3.05, 3.63) is 65.7 Å². The van der Waals surface area contributed by atoms with Crippen LogP contribution < -0.4 is 10.1 Å². The Morgan fingerprint density at radius 2 is 1.76 bits per heavy atom. The topological polar surface area (TPSA) is 21.3 Å². The van der Waals surface area contributed by atoms with Crippen LogP contribution in [0.15, 0.2) is 54.6 Å². The molecule has 2 aromatic rings. The van der Waals surface area contributed by atoms with E-state index in [2.05, 4.69) is 23.2 Å². The highest BCUT2D eigenvalue weighted by Gasteiger charge is 2.20. The summed E-state index contributed by atoms with van der Waals surface area (Å²) in [5, 5.41) is 3.51. The fourth-order valence-electron chi connectivity index (χ4n) is 2.11. The van der Waals surface area contributed by atoms with Crippen LogP contribution in [0.25, 0.3) is 0 Å². The van der Waals surface area contributed by atoms with Gasteiger partial charge in [0.05, 0.1) is 0 Å². The summed E-state index contributed by atoms with van der Waals surface area (Å²) < 4.78 is 5.80. The monoisotopic (exact) mass is 277 g/mol. The van der Waals surface area contributed by atoms with E-state index in [1.54, 1.807) is 0 Å². The summed E-state index contributed by atoms with van der Waals surface area (Å²) in [5.74, 6) is 7.09. The van der Waals surface area contributed by atoms with Crippen LogP contribution >= 0.6 is 0 Å². The fourth-order valence-corrected chi connectivity index (χ4v) is 2.11. The van der Waals surface area contributed by atoms with Crippen molar-refractivity contribution >= 4 is 0 Å². The SMILES string of the molecule is C(#Cc1ccccc1)COc1ccccc1CNC1CC1. The van der Waals surface area contributed by atoms with Gasteiger partial charge in [0.1, 0.15) is 12.4 Å². The summed E-state index contributed by atoms with van der Waals surface area (Å²) in [6, 6.07) is 18.8. The summed E-state index contributed by atoms with van der Waals surface area (Å²) in [7, 11) is 0. The fraction of sp³-hybridized carbons (Fsp3) is 0.263. The second kappa shape index (κ2) is 6.97. The number of ether oxygens (including phenoxy) is 1. The quantitative estimate of drug-likeness (QED) is 0.846. The maximum atomic E-state index is 5.80. The minimum Gasteiger partial charge on any atom is -0.481 e. The van der Waals surface area contributed by atoms with Gasteiger partial charge in [0.25, 0.3) is 0 Å². The molecule has 0 unspecified atom stereocenters. The molecule has 2 aromatic carbocycles. The highest BCUT2D eigenvalue weighted by Crippen LogP contribution is 2.22. The largest absolute Gasteiger partial charge is 0.481 e. The van der Waals surface area contributed by atoms with E-state index in [0.29, 0.717) is 12.6 Å². The standard InChI is InChI=1S/C19H19NO/c1-2-7-16(8-3-1)9-6-14-21-19-11-5-4-10-17(19)15-20-18-12-13-18/h1-5,7-8,10-11,18,20H,12-15H2. The van der Waals surface area contributed by atoms with Crippen LogP contribution in [-0.4, -0.2) is 12.6 Å². The first-order chi connectivity index (χ1) is 10.4. The summed E-state index contributed by atoms with van der Waals surface area (Å²) in [6.45, 7) is 1.28.